The fourth-order valence-electron chi connectivity index (χ4n) is 5.36. The number of rotatable bonds is 8. The Morgan fingerprint density at radius 1 is 0.655 bits per heavy atom. The third-order valence-electron chi connectivity index (χ3n) is 9.10. The largest absolute Gasteiger partial charge is 0.494 e. The SMILES string of the molecule is COc1nc(Cc2ccc(-c3cccc(F)n3)cc2)cnc1C#N.COc1nc(Cc2ccc(B3OC(C)(C)C(C)(C)O3)cc2)cnc1C#N.Fc1cccc(Br)n1. The Hall–Kier alpha value is -6.20. The first-order valence-corrected chi connectivity index (χ1v) is 18.6. The van der Waals surface area contributed by atoms with Crippen LogP contribution in [0.4, 0.5) is 8.78 Å². The molecule has 1 aliphatic rings. The number of benzene rings is 2. The smallest absolute Gasteiger partial charge is 0.479 e. The van der Waals surface area contributed by atoms with Crippen LogP contribution in [0.25, 0.3) is 11.3 Å². The lowest BCUT2D eigenvalue weighted by atomic mass is 9.78. The minimum absolute atomic E-state index is 0.161. The lowest BCUT2D eigenvalue weighted by molar-refractivity contribution is 0.00578. The Morgan fingerprint density at radius 3 is 1.53 bits per heavy atom. The van der Waals surface area contributed by atoms with Crippen molar-refractivity contribution in [2.24, 2.45) is 0 Å². The van der Waals surface area contributed by atoms with Gasteiger partial charge in [-0.2, -0.15) is 19.3 Å². The first-order chi connectivity index (χ1) is 27.7. The number of halogens is 3. The molecule has 0 N–H and O–H groups in total. The molecule has 0 aliphatic carbocycles. The Balaban J connectivity index is 0.000000186. The van der Waals surface area contributed by atoms with Crippen LogP contribution in [0, 0.1) is 34.6 Å². The average molecular weight is 848 g/mol. The Morgan fingerprint density at radius 2 is 1.12 bits per heavy atom. The van der Waals surface area contributed by atoms with Gasteiger partial charge in [0.1, 0.15) is 16.7 Å². The molecule has 294 valence electrons. The van der Waals surface area contributed by atoms with Gasteiger partial charge in [-0.3, -0.25) is 0 Å². The van der Waals surface area contributed by atoms with E-state index in [9.17, 15) is 8.78 Å². The van der Waals surface area contributed by atoms with Crippen LogP contribution in [-0.4, -0.2) is 62.4 Å². The number of ether oxygens (including phenoxy) is 2. The summed E-state index contributed by atoms with van der Waals surface area (Å²) in [4.78, 5) is 24.0. The zero-order valence-electron chi connectivity index (χ0n) is 32.6. The minimum atomic E-state index is -0.503. The molecule has 1 aliphatic heterocycles. The lowest BCUT2D eigenvalue weighted by Crippen LogP contribution is -2.41. The van der Waals surface area contributed by atoms with Crippen LogP contribution in [0.15, 0.2) is 102 Å². The topological polar surface area (TPSA) is 162 Å². The van der Waals surface area contributed by atoms with Gasteiger partial charge < -0.3 is 18.8 Å². The van der Waals surface area contributed by atoms with Gasteiger partial charge in [-0.05, 0) is 84.5 Å². The summed E-state index contributed by atoms with van der Waals surface area (Å²) in [5.74, 6) is -0.495. The second-order valence-corrected chi connectivity index (χ2v) is 14.5. The van der Waals surface area contributed by atoms with Gasteiger partial charge in [-0.15, -0.1) is 0 Å². The first kappa shape index (κ1) is 42.9. The number of hydrogen-bond donors (Lipinski definition) is 0. The summed E-state index contributed by atoms with van der Waals surface area (Å²) in [6.07, 6.45) is 4.30. The van der Waals surface area contributed by atoms with E-state index in [1.807, 2.05) is 88.4 Å². The maximum atomic E-state index is 13.2. The van der Waals surface area contributed by atoms with E-state index in [4.69, 9.17) is 29.3 Å². The van der Waals surface area contributed by atoms with Crippen molar-refractivity contribution in [3.05, 3.63) is 148 Å². The molecular formula is C42H38BBrF2N8O4. The normalized spacial score (nSPS) is 13.5. The van der Waals surface area contributed by atoms with Gasteiger partial charge in [0.05, 0.1) is 54.9 Å². The van der Waals surface area contributed by atoms with Crippen LogP contribution in [0.5, 0.6) is 11.8 Å². The van der Waals surface area contributed by atoms with Gasteiger partial charge in [-0.1, -0.05) is 60.7 Å². The fraction of sp³-hybridized carbons (Fsp3) is 0.238. The molecule has 1 saturated heterocycles. The molecule has 58 heavy (non-hydrogen) atoms. The van der Waals surface area contributed by atoms with E-state index in [-0.39, 0.29) is 41.5 Å². The third-order valence-corrected chi connectivity index (χ3v) is 9.54. The highest BCUT2D eigenvalue weighted by atomic mass is 79.9. The quantitative estimate of drug-likeness (QED) is 0.111. The van der Waals surface area contributed by atoms with Crippen molar-refractivity contribution in [1.29, 1.82) is 10.5 Å². The van der Waals surface area contributed by atoms with Crippen LogP contribution < -0.4 is 14.9 Å². The van der Waals surface area contributed by atoms with Crippen molar-refractivity contribution in [2.45, 2.75) is 51.7 Å². The van der Waals surface area contributed by atoms with Crippen molar-refractivity contribution < 1.29 is 27.6 Å². The summed E-state index contributed by atoms with van der Waals surface area (Å²) in [6, 6.07) is 28.8. The van der Waals surface area contributed by atoms with Crippen molar-refractivity contribution in [3.8, 4) is 35.2 Å². The number of aromatic nitrogens is 6. The molecule has 0 saturated carbocycles. The van der Waals surface area contributed by atoms with Crippen molar-refractivity contribution in [1.82, 2.24) is 29.9 Å². The summed E-state index contributed by atoms with van der Waals surface area (Å²) in [7, 11) is 2.56. The number of pyridine rings is 2. The van der Waals surface area contributed by atoms with Crippen LogP contribution in [0.2, 0.25) is 0 Å². The highest BCUT2D eigenvalue weighted by Gasteiger charge is 2.51. The number of methoxy groups -OCH3 is 2. The fourth-order valence-corrected chi connectivity index (χ4v) is 5.68. The molecule has 6 aromatic rings. The lowest BCUT2D eigenvalue weighted by Gasteiger charge is -2.32. The van der Waals surface area contributed by atoms with Gasteiger partial charge in [0.15, 0.2) is 0 Å². The van der Waals surface area contributed by atoms with E-state index in [0.717, 1.165) is 27.8 Å². The molecule has 2 aromatic carbocycles. The van der Waals surface area contributed by atoms with E-state index in [1.54, 1.807) is 36.7 Å². The van der Waals surface area contributed by atoms with E-state index >= 15 is 0 Å². The summed E-state index contributed by atoms with van der Waals surface area (Å²) < 4.78 is 48.1. The van der Waals surface area contributed by atoms with Crippen LogP contribution in [-0.2, 0) is 22.2 Å². The highest BCUT2D eigenvalue weighted by Crippen LogP contribution is 2.36. The molecule has 0 unspecified atom stereocenters. The minimum Gasteiger partial charge on any atom is -0.479 e. The van der Waals surface area contributed by atoms with Crippen LogP contribution in [0.1, 0.15) is 61.6 Å². The molecule has 5 heterocycles. The molecule has 4 aromatic heterocycles. The van der Waals surface area contributed by atoms with Crippen LogP contribution in [0.3, 0.4) is 0 Å². The van der Waals surface area contributed by atoms with E-state index < -0.39 is 11.9 Å². The van der Waals surface area contributed by atoms with Crippen molar-refractivity contribution in [2.75, 3.05) is 14.2 Å². The molecule has 0 amide bonds. The summed E-state index contributed by atoms with van der Waals surface area (Å²) in [5, 5.41) is 17.9. The van der Waals surface area contributed by atoms with E-state index in [0.29, 0.717) is 28.8 Å². The summed E-state index contributed by atoms with van der Waals surface area (Å²) >= 11 is 3.01. The molecule has 0 radical (unpaired) electrons. The van der Waals surface area contributed by atoms with E-state index in [1.165, 1.54) is 26.4 Å². The van der Waals surface area contributed by atoms with Crippen LogP contribution >= 0.6 is 15.9 Å². The maximum Gasteiger partial charge on any atom is 0.494 e. The number of nitrogens with zero attached hydrogens (tertiary/aromatic N) is 8. The summed E-state index contributed by atoms with van der Waals surface area (Å²) in [6.45, 7) is 8.16. The maximum absolute atomic E-state index is 13.2. The van der Waals surface area contributed by atoms with Crippen molar-refractivity contribution in [3.63, 3.8) is 0 Å². The molecule has 7 rings (SSSR count). The Labute approximate surface area is 344 Å². The zero-order chi connectivity index (χ0) is 41.9. The second kappa shape index (κ2) is 19.3. The Kier molecular flexibility index (Phi) is 14.3. The Bertz CT molecular complexity index is 2390. The molecule has 12 nitrogen and oxygen atoms in total. The monoisotopic (exact) mass is 846 g/mol. The standard InChI is InChI=1S/C19H22BN3O3.C18H13FN4O.C5H3BrFN/c1-18(2)19(3,4)26-20(25-18)14-8-6-13(7-9-14)10-15-12-22-16(11-21)17(23-15)24-5;1-24-18-16(10-20)21-11-14(22-18)9-12-5-7-13(8-6-12)15-3-2-4-17(19)23-15;6-4-2-1-3-5(7)8-4/h6-9,12H,10H2,1-5H3;2-8,11H,9H2,1H3;1-3H. The predicted octanol–water partition coefficient (Wildman–Crippen LogP) is 7.38. The summed E-state index contributed by atoms with van der Waals surface area (Å²) in [5.41, 5.74) is 5.56. The van der Waals surface area contributed by atoms with Gasteiger partial charge in [0.25, 0.3) is 11.8 Å². The third kappa shape index (κ3) is 11.2. The highest BCUT2D eigenvalue weighted by molar-refractivity contribution is 9.10. The number of hydrogen-bond acceptors (Lipinski definition) is 12. The molecule has 0 atom stereocenters. The van der Waals surface area contributed by atoms with Gasteiger partial charge in [0.2, 0.25) is 23.3 Å². The van der Waals surface area contributed by atoms with Gasteiger partial charge in [0, 0.05) is 18.4 Å². The van der Waals surface area contributed by atoms with Gasteiger partial charge in [-0.25, -0.2) is 29.9 Å². The molecule has 1 fully saturated rings. The second-order valence-electron chi connectivity index (χ2n) is 13.7. The molecule has 16 heteroatoms. The average Bonchev–Trinajstić information content (AvgIpc) is 3.44. The molecule has 0 spiro atoms. The predicted molar refractivity (Wildman–Crippen MR) is 216 cm³/mol. The van der Waals surface area contributed by atoms with Crippen molar-refractivity contribution >= 4 is 28.5 Å². The zero-order valence-corrected chi connectivity index (χ0v) is 34.2. The molecular weight excluding hydrogens is 809 g/mol. The van der Waals surface area contributed by atoms with Gasteiger partial charge >= 0.3 is 7.12 Å². The first-order valence-electron chi connectivity index (χ1n) is 17.8. The number of nitriles is 2. The molecule has 0 bridgehead atoms. The van der Waals surface area contributed by atoms with E-state index in [2.05, 4.69) is 45.8 Å².